The van der Waals surface area contributed by atoms with Crippen LogP contribution in [0.5, 0.6) is 0 Å². The van der Waals surface area contributed by atoms with Crippen molar-refractivity contribution in [2.24, 2.45) is 0 Å². The largest absolute Gasteiger partial charge is 0.290 e. The van der Waals surface area contributed by atoms with Gasteiger partial charge in [0.25, 0.3) is 0 Å². The van der Waals surface area contributed by atoms with Crippen LogP contribution in [0.15, 0.2) is 195 Å². The first-order valence-electron chi connectivity index (χ1n) is 41.0. The van der Waals surface area contributed by atoms with Crippen LogP contribution in [0.3, 0.4) is 0 Å². The summed E-state index contributed by atoms with van der Waals surface area (Å²) < 4.78 is 10.0. The van der Waals surface area contributed by atoms with E-state index < -0.39 is 0 Å². The van der Waals surface area contributed by atoms with Crippen LogP contribution < -0.4 is 28.0 Å². The first kappa shape index (κ1) is 97.1. The van der Waals surface area contributed by atoms with E-state index in [2.05, 4.69) is 94.3 Å². The highest BCUT2D eigenvalue weighted by molar-refractivity contribution is 7.29. The Hall–Kier alpha value is -11.7. The average Bonchev–Trinajstić information content (AvgIpc) is 1.57. The minimum absolute atomic E-state index is 0.566. The van der Waals surface area contributed by atoms with E-state index in [1.807, 2.05) is 302 Å². The van der Waals surface area contributed by atoms with E-state index in [1.165, 1.54) is 41.6 Å². The predicted octanol–water partition coefficient (Wildman–Crippen LogP) is 10.8. The van der Waals surface area contributed by atoms with Crippen molar-refractivity contribution in [3.63, 3.8) is 0 Å². The van der Waals surface area contributed by atoms with Crippen LogP contribution in [-0.2, 0) is 0 Å². The van der Waals surface area contributed by atoms with E-state index in [9.17, 15) is 0 Å². The summed E-state index contributed by atoms with van der Waals surface area (Å²) in [6.45, 7) is 40.0. The topological polar surface area (TPSA) is 254 Å². The van der Waals surface area contributed by atoms with E-state index in [-0.39, 0.29) is 0 Å². The Kier molecular flexibility index (Phi) is 41.8. The second-order valence-corrected chi connectivity index (χ2v) is 22.0. The SMILES string of the molecule is CC.CC.CC.CC.CC.CC.CC.CC.CC.CC.[B][B][B]c1nc2cccnc2n2c1nc1ccccc12.[B][B][B]c1nc2ccnnc2n2c1nc1ccccc12.[B][B][B]c1nc2cnccc2n2c1nc1ccccc12.[B][B][B]c1nc2cncnc2n2c1nc1ccccc12.[B][B][B]c1nc2nccnc2n2c1nc1ccccc12. The molecule has 0 unspecified atom stereocenters. The highest BCUT2D eigenvalue weighted by atomic mass is 15.2. The van der Waals surface area contributed by atoms with Gasteiger partial charge in [0.1, 0.15) is 92.5 Å². The molecule has 0 N–H and O–H groups in total. The van der Waals surface area contributed by atoms with E-state index in [0.717, 1.165) is 128 Å². The second kappa shape index (κ2) is 51.6. The zero-order valence-electron chi connectivity index (χ0n) is 72.4. The molecule has 580 valence electrons. The number of hydrogen-bond donors (Lipinski definition) is 0. The molecule has 0 aliphatic rings. The molecular formula is C82H92B15N23. The molecule has 15 aromatic heterocycles. The quantitative estimate of drug-likeness (QED) is 0.115. The minimum Gasteiger partial charge on any atom is -0.290 e. The maximum atomic E-state index is 5.52. The monoisotopic (exact) mass is 1560 g/mol. The third-order valence-electron chi connectivity index (χ3n) is 16.1. The maximum Gasteiger partial charge on any atom is 0.195 e. The van der Waals surface area contributed by atoms with Gasteiger partial charge in [-0.2, -0.15) is 5.10 Å². The Bertz CT molecular complexity index is 5590. The zero-order valence-corrected chi connectivity index (χ0v) is 72.4. The molecule has 15 heterocycles. The van der Waals surface area contributed by atoms with Crippen molar-refractivity contribution in [1.82, 2.24) is 112 Å². The molecule has 5 aromatic carbocycles. The third-order valence-corrected chi connectivity index (χ3v) is 16.1. The summed E-state index contributed by atoms with van der Waals surface area (Å²) in [7, 11) is 43.6. The van der Waals surface area contributed by atoms with Crippen LogP contribution in [0.2, 0.25) is 0 Å². The normalized spacial score (nSPS) is 9.83. The van der Waals surface area contributed by atoms with Crippen molar-refractivity contribution >= 4 is 277 Å². The third kappa shape index (κ3) is 21.7. The summed E-state index contributed by atoms with van der Waals surface area (Å²) in [5.74, 6) is 0. The van der Waals surface area contributed by atoms with Gasteiger partial charge in [-0.15, -0.1) is 5.10 Å². The van der Waals surface area contributed by atoms with Gasteiger partial charge in [-0.3, -0.25) is 46.9 Å². The molecule has 20 radical (unpaired) electrons. The van der Waals surface area contributed by atoms with E-state index >= 15 is 0 Å². The van der Waals surface area contributed by atoms with Crippen molar-refractivity contribution < 1.29 is 0 Å². The molecule has 0 saturated heterocycles. The van der Waals surface area contributed by atoms with Crippen molar-refractivity contribution in [1.29, 1.82) is 0 Å². The second-order valence-electron chi connectivity index (χ2n) is 22.0. The summed E-state index contributed by atoms with van der Waals surface area (Å²) in [6.07, 6.45) is 13.4. The standard InChI is InChI=1S/2C13H7B3N4.3C12H6B3N5.10C2H6/c14-16-15-11-13-19-8-4-1-2-6-10(8)20(13)12-9(18-11)5-3-7-17-12;14-16-15-12-13-19-8-3-1-2-4-10(8)20(13)11-5-6-17-7-9(11)18-12;13-15-14-10-12-19-7-3-1-2-4-9(7)20(12)11-8(18-10)5-16-6-17-11;13-15-14-10-12-18-7-3-1-2-4-9(7)20(12)11-8(17-10)5-6-16-19-11;13-15-14-9-11-18-7-3-1-2-4-8(7)20(11)12-10(19-9)16-5-6-17-12;10*1-2/h2*1-7H;3*1-6H;10*1-2H3. The molecule has 23 nitrogen and oxygen atoms in total. The number of imidazole rings is 5. The van der Waals surface area contributed by atoms with Gasteiger partial charge < -0.3 is 0 Å². The highest BCUT2D eigenvalue weighted by Gasteiger charge is 2.20. The van der Waals surface area contributed by atoms with Crippen molar-refractivity contribution in [2.75, 3.05) is 0 Å². The molecule has 0 spiro atoms. The Morgan fingerprint density at radius 3 is 0.958 bits per heavy atom. The lowest BCUT2D eigenvalue weighted by atomic mass is 9.27. The minimum atomic E-state index is 0.566. The Balaban J connectivity index is 0.000000220. The van der Waals surface area contributed by atoms with Crippen molar-refractivity contribution in [2.45, 2.75) is 138 Å². The lowest BCUT2D eigenvalue weighted by molar-refractivity contribution is 1.03. The summed E-state index contributed by atoms with van der Waals surface area (Å²) in [6, 6.07) is 47.2. The number of nitrogens with zero attached hydrogens (tertiary/aromatic N) is 23. The fourth-order valence-electron chi connectivity index (χ4n) is 12.0. The van der Waals surface area contributed by atoms with Crippen LogP contribution in [0, 0.1) is 0 Å². The average molecular weight is 1560 g/mol. The first-order valence-corrected chi connectivity index (χ1v) is 41.0. The first-order chi connectivity index (χ1) is 59.4. The van der Waals surface area contributed by atoms with Crippen molar-refractivity contribution in [3.05, 3.63) is 195 Å². The van der Waals surface area contributed by atoms with Crippen LogP contribution in [0.25, 0.3) is 139 Å². The zero-order chi connectivity index (χ0) is 87.6. The Morgan fingerprint density at radius 2 is 0.533 bits per heavy atom. The van der Waals surface area contributed by atoms with Gasteiger partial charge in [0.2, 0.25) is 0 Å². The molecule has 38 heteroatoms. The molecule has 20 aromatic rings. The summed E-state index contributed by atoms with van der Waals surface area (Å²) in [5, 5.41) is 8.13. The van der Waals surface area contributed by atoms with Gasteiger partial charge in [-0.05, 0) is 84.9 Å². The van der Waals surface area contributed by atoms with Gasteiger partial charge in [0.05, 0.1) is 79.3 Å². The smallest absolute Gasteiger partial charge is 0.195 e. The summed E-state index contributed by atoms with van der Waals surface area (Å²) in [5.41, 5.74) is 24.4. The number of hydrogen-bond acceptors (Lipinski definition) is 18. The van der Waals surface area contributed by atoms with Gasteiger partial charge in [0.15, 0.2) is 28.2 Å². The maximum absolute atomic E-state index is 5.52. The number of fused-ring (bicyclic) bond motifs is 25. The molecule has 120 heavy (non-hydrogen) atoms. The molecule has 0 saturated carbocycles. The highest BCUT2D eigenvalue weighted by Crippen LogP contribution is 2.25. The van der Waals surface area contributed by atoms with E-state index in [4.69, 9.17) is 38.7 Å². The number of rotatable bonds is 10. The van der Waals surface area contributed by atoms with E-state index in [1.54, 1.807) is 79.2 Å². The molecular weight excluding hydrogens is 1470 g/mol. The fraction of sp³-hybridized carbons (Fsp3) is 0.244. The molecule has 0 aliphatic heterocycles. The lowest BCUT2D eigenvalue weighted by Crippen LogP contribution is -2.27. The van der Waals surface area contributed by atoms with Crippen LogP contribution in [0.1, 0.15) is 138 Å². The molecule has 0 aliphatic carbocycles. The molecule has 0 bridgehead atoms. The van der Waals surface area contributed by atoms with Crippen LogP contribution in [-0.4, -0.2) is 222 Å². The summed E-state index contributed by atoms with van der Waals surface area (Å²) >= 11 is 0. The van der Waals surface area contributed by atoms with Gasteiger partial charge in [-0.1, -0.05) is 199 Å². The number of pyridine rings is 2. The molecule has 0 fully saturated rings. The molecule has 0 amide bonds. The fourth-order valence-corrected chi connectivity index (χ4v) is 12.0. The summed E-state index contributed by atoms with van der Waals surface area (Å²) in [4.78, 5) is 71.4. The van der Waals surface area contributed by atoms with Crippen molar-refractivity contribution in [3.8, 4) is 0 Å². The van der Waals surface area contributed by atoms with Gasteiger partial charge >= 0.3 is 0 Å². The van der Waals surface area contributed by atoms with Gasteiger partial charge in [0, 0.05) is 127 Å². The number of benzene rings is 5. The predicted molar refractivity (Wildman–Crippen MR) is 520 cm³/mol. The van der Waals surface area contributed by atoms with Gasteiger partial charge in [-0.25, -0.2) is 54.8 Å². The molecule has 20 rings (SSSR count). The Morgan fingerprint density at radius 1 is 0.225 bits per heavy atom. The van der Waals surface area contributed by atoms with E-state index in [0.29, 0.717) is 39.2 Å². The molecule has 0 atom stereocenters. The lowest BCUT2D eigenvalue weighted by Gasteiger charge is -2.06. The van der Waals surface area contributed by atoms with Crippen LogP contribution in [0.4, 0.5) is 0 Å². The number of aromatic nitrogens is 23. The number of para-hydroxylation sites is 10. The van der Waals surface area contributed by atoms with Crippen LogP contribution >= 0.6 is 0 Å². The Labute approximate surface area is 718 Å².